The first-order chi connectivity index (χ1) is 12.1. The van der Waals surface area contributed by atoms with Crippen LogP contribution in [0.25, 0.3) is 0 Å². The predicted molar refractivity (Wildman–Crippen MR) is 94.1 cm³/mol. The van der Waals surface area contributed by atoms with Crippen molar-refractivity contribution in [1.29, 1.82) is 0 Å². The molecule has 0 aliphatic carbocycles. The van der Waals surface area contributed by atoms with Crippen LogP contribution in [-0.2, 0) is 16.1 Å². The molecule has 1 aromatic carbocycles. The van der Waals surface area contributed by atoms with E-state index < -0.39 is 5.82 Å². The number of amides is 1. The second-order valence-corrected chi connectivity index (χ2v) is 6.29. The molecule has 6 nitrogen and oxygen atoms in total. The Morgan fingerprint density at radius 3 is 3.04 bits per heavy atom. The molecule has 0 radical (unpaired) electrons. The topological polar surface area (TPSA) is 68.2 Å². The van der Waals surface area contributed by atoms with Gasteiger partial charge in [-0.1, -0.05) is 0 Å². The summed E-state index contributed by atoms with van der Waals surface area (Å²) in [5.74, 6) is -0.564. The Balaban J connectivity index is 1.48. The van der Waals surface area contributed by atoms with Crippen molar-refractivity contribution >= 4 is 17.3 Å². The highest BCUT2D eigenvalue weighted by atomic mass is 19.1. The molecule has 3 rings (SSSR count). The van der Waals surface area contributed by atoms with Crippen LogP contribution in [0.2, 0.25) is 0 Å². The molecule has 0 bridgehead atoms. The van der Waals surface area contributed by atoms with E-state index in [4.69, 9.17) is 4.74 Å². The standard InChI is InChI=1S/C18H23FN4O2/c1-13-10-21-23(12-13)7-6-18(24)22-14-4-5-17(16(19)9-14)20-11-15-3-2-8-25-15/h4-5,9-10,12,15,20H,2-3,6-8,11H2,1H3,(H,22,24). The summed E-state index contributed by atoms with van der Waals surface area (Å²) in [6.45, 7) is 3.80. The molecule has 0 spiro atoms. The van der Waals surface area contributed by atoms with Gasteiger partial charge in [-0.3, -0.25) is 9.48 Å². The van der Waals surface area contributed by atoms with Crippen LogP contribution in [0.1, 0.15) is 24.8 Å². The molecular weight excluding hydrogens is 323 g/mol. The molecule has 1 aliphatic heterocycles. The number of hydrogen-bond donors (Lipinski definition) is 2. The SMILES string of the molecule is Cc1cnn(CCC(=O)Nc2ccc(NCC3CCCO3)c(F)c2)c1. The zero-order valence-electron chi connectivity index (χ0n) is 14.3. The van der Waals surface area contributed by atoms with Crippen molar-refractivity contribution in [3.8, 4) is 0 Å². The van der Waals surface area contributed by atoms with Gasteiger partial charge in [0.25, 0.3) is 0 Å². The first-order valence-corrected chi connectivity index (χ1v) is 8.54. The third-order valence-electron chi connectivity index (χ3n) is 4.13. The Kier molecular flexibility index (Phi) is 5.65. The van der Waals surface area contributed by atoms with Gasteiger partial charge in [0.15, 0.2) is 0 Å². The van der Waals surface area contributed by atoms with Crippen molar-refractivity contribution in [2.75, 3.05) is 23.8 Å². The van der Waals surface area contributed by atoms with Crippen LogP contribution in [0.4, 0.5) is 15.8 Å². The van der Waals surface area contributed by atoms with Gasteiger partial charge in [0.2, 0.25) is 5.91 Å². The van der Waals surface area contributed by atoms with E-state index in [9.17, 15) is 9.18 Å². The highest BCUT2D eigenvalue weighted by molar-refractivity contribution is 5.90. The smallest absolute Gasteiger partial charge is 0.226 e. The summed E-state index contributed by atoms with van der Waals surface area (Å²) in [7, 11) is 0. The number of nitrogens with zero attached hydrogens (tertiary/aromatic N) is 2. The minimum Gasteiger partial charge on any atom is -0.380 e. The van der Waals surface area contributed by atoms with Crippen LogP contribution in [-0.4, -0.2) is 34.9 Å². The van der Waals surface area contributed by atoms with Gasteiger partial charge in [0, 0.05) is 38.0 Å². The van der Waals surface area contributed by atoms with E-state index in [2.05, 4.69) is 15.7 Å². The van der Waals surface area contributed by atoms with Crippen LogP contribution in [0, 0.1) is 12.7 Å². The van der Waals surface area contributed by atoms with Gasteiger partial charge in [-0.2, -0.15) is 5.10 Å². The fourth-order valence-electron chi connectivity index (χ4n) is 2.79. The van der Waals surface area contributed by atoms with Crippen LogP contribution in [0.3, 0.4) is 0 Å². The maximum absolute atomic E-state index is 14.2. The Labute approximate surface area is 146 Å². The second-order valence-electron chi connectivity index (χ2n) is 6.29. The molecule has 1 fully saturated rings. The summed E-state index contributed by atoms with van der Waals surface area (Å²) < 4.78 is 21.4. The summed E-state index contributed by atoms with van der Waals surface area (Å²) in [4.78, 5) is 12.0. The van der Waals surface area contributed by atoms with Crippen LogP contribution in [0.15, 0.2) is 30.6 Å². The van der Waals surface area contributed by atoms with Crippen molar-refractivity contribution in [3.05, 3.63) is 42.0 Å². The summed E-state index contributed by atoms with van der Waals surface area (Å²) in [6.07, 6.45) is 6.10. The van der Waals surface area contributed by atoms with Gasteiger partial charge in [-0.25, -0.2) is 4.39 Å². The maximum atomic E-state index is 14.2. The molecule has 134 valence electrons. The van der Waals surface area contributed by atoms with Gasteiger partial charge in [0.1, 0.15) is 5.82 Å². The number of carbonyl (C=O) groups excluding carboxylic acids is 1. The molecule has 25 heavy (non-hydrogen) atoms. The summed E-state index contributed by atoms with van der Waals surface area (Å²) in [6, 6.07) is 4.65. The lowest BCUT2D eigenvalue weighted by Crippen LogP contribution is -2.19. The van der Waals surface area contributed by atoms with E-state index in [1.807, 2.05) is 13.1 Å². The van der Waals surface area contributed by atoms with E-state index in [-0.39, 0.29) is 18.4 Å². The van der Waals surface area contributed by atoms with Crippen molar-refractivity contribution in [2.24, 2.45) is 0 Å². The zero-order chi connectivity index (χ0) is 17.6. The highest BCUT2D eigenvalue weighted by Crippen LogP contribution is 2.20. The predicted octanol–water partition coefficient (Wildman–Crippen LogP) is 2.95. The first-order valence-electron chi connectivity index (χ1n) is 8.54. The van der Waals surface area contributed by atoms with Gasteiger partial charge >= 0.3 is 0 Å². The average Bonchev–Trinajstić information content (AvgIpc) is 3.24. The molecule has 2 N–H and O–H groups in total. The lowest BCUT2D eigenvalue weighted by atomic mass is 10.2. The molecule has 2 heterocycles. The van der Waals surface area contributed by atoms with Gasteiger partial charge < -0.3 is 15.4 Å². The van der Waals surface area contributed by atoms with Crippen molar-refractivity contribution in [3.63, 3.8) is 0 Å². The number of hydrogen-bond acceptors (Lipinski definition) is 4. The van der Waals surface area contributed by atoms with Crippen molar-refractivity contribution in [2.45, 2.75) is 38.8 Å². The summed E-state index contributed by atoms with van der Waals surface area (Å²) >= 11 is 0. The number of rotatable bonds is 7. The van der Waals surface area contributed by atoms with Crippen LogP contribution >= 0.6 is 0 Å². The molecule has 7 heteroatoms. The van der Waals surface area contributed by atoms with Gasteiger partial charge in [-0.15, -0.1) is 0 Å². The third kappa shape index (κ3) is 5.03. The number of nitrogens with one attached hydrogen (secondary N) is 2. The quantitative estimate of drug-likeness (QED) is 0.809. The Morgan fingerprint density at radius 1 is 1.48 bits per heavy atom. The fourth-order valence-corrected chi connectivity index (χ4v) is 2.79. The van der Waals surface area contributed by atoms with Crippen molar-refractivity contribution in [1.82, 2.24) is 9.78 Å². The molecule has 1 unspecified atom stereocenters. The molecule has 2 aromatic rings. The third-order valence-corrected chi connectivity index (χ3v) is 4.13. The molecule has 1 atom stereocenters. The Hall–Kier alpha value is -2.41. The normalized spacial score (nSPS) is 16.8. The number of benzene rings is 1. The molecular formula is C18H23FN4O2. The fraction of sp³-hybridized carbons (Fsp3) is 0.444. The number of anilines is 2. The van der Waals surface area contributed by atoms with E-state index in [1.54, 1.807) is 23.0 Å². The van der Waals surface area contributed by atoms with E-state index in [1.165, 1.54) is 6.07 Å². The van der Waals surface area contributed by atoms with Crippen LogP contribution < -0.4 is 10.6 Å². The number of halogens is 1. The average molecular weight is 346 g/mol. The molecule has 0 saturated carbocycles. The number of aryl methyl sites for hydroxylation is 2. The number of ether oxygens (including phenoxy) is 1. The molecule has 1 aliphatic rings. The first kappa shape index (κ1) is 17.4. The van der Waals surface area contributed by atoms with Gasteiger partial charge in [0.05, 0.1) is 18.0 Å². The minimum atomic E-state index is -0.390. The van der Waals surface area contributed by atoms with E-state index in [0.29, 0.717) is 24.5 Å². The highest BCUT2D eigenvalue weighted by Gasteiger charge is 2.15. The van der Waals surface area contributed by atoms with E-state index >= 15 is 0 Å². The molecule has 1 saturated heterocycles. The Morgan fingerprint density at radius 2 is 2.36 bits per heavy atom. The zero-order valence-corrected chi connectivity index (χ0v) is 14.3. The maximum Gasteiger partial charge on any atom is 0.226 e. The number of aromatic nitrogens is 2. The van der Waals surface area contributed by atoms with E-state index in [0.717, 1.165) is 25.0 Å². The van der Waals surface area contributed by atoms with Crippen LogP contribution in [0.5, 0.6) is 0 Å². The second kappa shape index (κ2) is 8.11. The lowest BCUT2D eigenvalue weighted by molar-refractivity contribution is -0.116. The summed E-state index contributed by atoms with van der Waals surface area (Å²) in [5.41, 5.74) is 1.91. The van der Waals surface area contributed by atoms with Gasteiger partial charge in [-0.05, 0) is 43.5 Å². The summed E-state index contributed by atoms with van der Waals surface area (Å²) in [5, 5.41) is 9.90. The molecule has 1 amide bonds. The monoisotopic (exact) mass is 346 g/mol. The lowest BCUT2D eigenvalue weighted by Gasteiger charge is -2.13. The van der Waals surface area contributed by atoms with Crippen molar-refractivity contribution < 1.29 is 13.9 Å². The largest absolute Gasteiger partial charge is 0.380 e. The number of carbonyl (C=O) groups is 1. The molecule has 1 aromatic heterocycles. The Bertz CT molecular complexity index is 726. The minimum absolute atomic E-state index is 0.143.